The van der Waals surface area contributed by atoms with Gasteiger partial charge in [-0.05, 0) is 26.8 Å². The zero-order valence-electron chi connectivity index (χ0n) is 17.5. The Labute approximate surface area is 184 Å². The predicted octanol–water partition coefficient (Wildman–Crippen LogP) is 5.38. The van der Waals surface area contributed by atoms with Gasteiger partial charge in [0.1, 0.15) is 4.88 Å². The van der Waals surface area contributed by atoms with Gasteiger partial charge in [-0.15, -0.1) is 0 Å². The van der Waals surface area contributed by atoms with Crippen molar-refractivity contribution in [2.24, 2.45) is 0 Å². The van der Waals surface area contributed by atoms with Crippen LogP contribution in [0.4, 0.5) is 5.13 Å². The van der Waals surface area contributed by atoms with Crippen molar-refractivity contribution >= 4 is 28.2 Å². The van der Waals surface area contributed by atoms with Crippen molar-refractivity contribution in [3.05, 3.63) is 88.6 Å². The fourth-order valence-electron chi connectivity index (χ4n) is 3.32. The van der Waals surface area contributed by atoms with E-state index in [0.29, 0.717) is 27.0 Å². The van der Waals surface area contributed by atoms with Crippen LogP contribution in [-0.4, -0.2) is 26.5 Å². The van der Waals surface area contributed by atoms with Gasteiger partial charge >= 0.3 is 0 Å². The van der Waals surface area contributed by atoms with Crippen LogP contribution in [0.15, 0.2) is 66.7 Å². The van der Waals surface area contributed by atoms with E-state index in [2.05, 4.69) is 15.4 Å². The molecule has 0 aliphatic heterocycles. The minimum absolute atomic E-state index is 0.127. The van der Waals surface area contributed by atoms with Crippen LogP contribution in [0.5, 0.6) is 0 Å². The van der Waals surface area contributed by atoms with E-state index in [0.717, 1.165) is 11.3 Å². The van der Waals surface area contributed by atoms with Crippen LogP contribution < -0.4 is 5.32 Å². The third-order valence-electron chi connectivity index (χ3n) is 4.78. The number of carbonyl (C=O) groups is 2. The molecule has 0 aliphatic rings. The van der Waals surface area contributed by atoms with Crippen LogP contribution in [0, 0.1) is 6.92 Å². The zero-order chi connectivity index (χ0) is 22.0. The monoisotopic (exact) mass is 430 g/mol. The van der Waals surface area contributed by atoms with Crippen molar-refractivity contribution in [3.63, 3.8) is 0 Å². The SMILES string of the molecule is Cc1cc(C(=O)Nc2nc(-c3ccccc3)c(C(=O)c3ccccc3)s2)nn1C(C)C. The number of amides is 1. The number of hydrogen-bond acceptors (Lipinski definition) is 5. The molecule has 6 nitrogen and oxygen atoms in total. The molecule has 1 amide bonds. The Morgan fingerprint density at radius 3 is 2.26 bits per heavy atom. The summed E-state index contributed by atoms with van der Waals surface area (Å²) in [5.74, 6) is -0.480. The highest BCUT2D eigenvalue weighted by Crippen LogP contribution is 2.33. The number of nitrogens with one attached hydrogen (secondary N) is 1. The van der Waals surface area contributed by atoms with E-state index in [1.165, 1.54) is 11.3 Å². The number of carbonyl (C=O) groups excluding carboxylic acids is 2. The van der Waals surface area contributed by atoms with Crippen LogP contribution in [-0.2, 0) is 0 Å². The molecule has 0 radical (unpaired) electrons. The summed E-state index contributed by atoms with van der Waals surface area (Å²) in [5.41, 5.74) is 3.17. The van der Waals surface area contributed by atoms with E-state index in [4.69, 9.17) is 0 Å². The average Bonchev–Trinajstić information content (AvgIpc) is 3.38. The largest absolute Gasteiger partial charge is 0.296 e. The second kappa shape index (κ2) is 8.65. The molecular weight excluding hydrogens is 408 g/mol. The predicted molar refractivity (Wildman–Crippen MR) is 123 cm³/mol. The van der Waals surface area contributed by atoms with E-state index in [1.807, 2.05) is 69.3 Å². The highest BCUT2D eigenvalue weighted by molar-refractivity contribution is 7.18. The number of rotatable bonds is 6. The van der Waals surface area contributed by atoms with E-state index < -0.39 is 0 Å². The Morgan fingerprint density at radius 1 is 1.00 bits per heavy atom. The molecule has 0 saturated carbocycles. The van der Waals surface area contributed by atoms with Gasteiger partial charge in [0.15, 0.2) is 10.8 Å². The van der Waals surface area contributed by atoms with Crippen molar-refractivity contribution in [1.29, 1.82) is 0 Å². The molecule has 4 aromatic rings. The van der Waals surface area contributed by atoms with E-state index in [9.17, 15) is 9.59 Å². The lowest BCUT2D eigenvalue weighted by Crippen LogP contribution is -2.13. The van der Waals surface area contributed by atoms with E-state index in [1.54, 1.807) is 22.9 Å². The van der Waals surface area contributed by atoms with Gasteiger partial charge in [0.05, 0.1) is 5.69 Å². The quantitative estimate of drug-likeness (QED) is 0.417. The van der Waals surface area contributed by atoms with E-state index in [-0.39, 0.29) is 17.7 Å². The number of aryl methyl sites for hydroxylation is 1. The highest BCUT2D eigenvalue weighted by atomic mass is 32.1. The first kappa shape index (κ1) is 20.7. The molecule has 0 atom stereocenters. The Hall–Kier alpha value is -3.58. The highest BCUT2D eigenvalue weighted by Gasteiger charge is 2.22. The fraction of sp³-hybridized carbons (Fsp3) is 0.167. The lowest BCUT2D eigenvalue weighted by atomic mass is 10.1. The van der Waals surface area contributed by atoms with Crippen molar-refractivity contribution in [2.75, 3.05) is 5.32 Å². The molecule has 2 aromatic carbocycles. The van der Waals surface area contributed by atoms with Crippen LogP contribution in [0.2, 0.25) is 0 Å². The average molecular weight is 431 g/mol. The lowest BCUT2D eigenvalue weighted by molar-refractivity contribution is 0.101. The second-order valence-electron chi connectivity index (χ2n) is 7.42. The molecule has 7 heteroatoms. The molecule has 0 bridgehead atoms. The third kappa shape index (κ3) is 4.32. The Balaban J connectivity index is 1.69. The first-order valence-electron chi connectivity index (χ1n) is 9.97. The summed E-state index contributed by atoms with van der Waals surface area (Å²) in [7, 11) is 0. The van der Waals surface area contributed by atoms with Gasteiger partial charge in [0.25, 0.3) is 5.91 Å². The maximum absolute atomic E-state index is 13.2. The third-order valence-corrected chi connectivity index (χ3v) is 5.75. The Morgan fingerprint density at radius 2 is 1.65 bits per heavy atom. The molecule has 156 valence electrons. The summed E-state index contributed by atoms with van der Waals surface area (Å²) in [6.07, 6.45) is 0. The molecule has 0 saturated heterocycles. The van der Waals surface area contributed by atoms with Crippen LogP contribution in [0.3, 0.4) is 0 Å². The van der Waals surface area contributed by atoms with Crippen molar-refractivity contribution in [1.82, 2.24) is 14.8 Å². The van der Waals surface area contributed by atoms with Gasteiger partial charge in [0, 0.05) is 22.9 Å². The number of anilines is 1. The molecule has 2 aromatic heterocycles. The van der Waals surface area contributed by atoms with Crippen LogP contribution in [0.1, 0.15) is 51.3 Å². The van der Waals surface area contributed by atoms with Crippen LogP contribution >= 0.6 is 11.3 Å². The van der Waals surface area contributed by atoms with Gasteiger partial charge in [-0.3, -0.25) is 19.6 Å². The summed E-state index contributed by atoms with van der Waals surface area (Å²) in [6.45, 7) is 5.93. The van der Waals surface area contributed by atoms with Crippen molar-refractivity contribution in [2.45, 2.75) is 26.8 Å². The molecule has 0 fully saturated rings. The van der Waals surface area contributed by atoms with Gasteiger partial charge in [-0.25, -0.2) is 4.98 Å². The normalized spacial score (nSPS) is 11.0. The van der Waals surface area contributed by atoms with Gasteiger partial charge in [0.2, 0.25) is 5.78 Å². The molecule has 4 rings (SSSR count). The lowest BCUT2D eigenvalue weighted by Gasteiger charge is -2.06. The maximum Gasteiger partial charge on any atom is 0.277 e. The number of nitrogens with zero attached hydrogens (tertiary/aromatic N) is 3. The topological polar surface area (TPSA) is 76.9 Å². The summed E-state index contributed by atoms with van der Waals surface area (Å²) in [5, 5.41) is 7.57. The molecule has 1 N–H and O–H groups in total. The van der Waals surface area contributed by atoms with Crippen molar-refractivity contribution in [3.8, 4) is 11.3 Å². The molecule has 0 spiro atoms. The number of hydrogen-bond donors (Lipinski definition) is 1. The summed E-state index contributed by atoms with van der Waals surface area (Å²) >= 11 is 1.17. The molecule has 0 unspecified atom stereocenters. The Kier molecular flexibility index (Phi) is 5.77. The summed E-state index contributed by atoms with van der Waals surface area (Å²) < 4.78 is 1.80. The number of benzene rings is 2. The number of ketones is 1. The number of aromatic nitrogens is 3. The standard InChI is InChI=1S/C24H22N4O2S/c1-15(2)28-16(3)14-19(27-28)23(30)26-24-25-20(17-10-6-4-7-11-17)22(31-24)21(29)18-12-8-5-9-13-18/h4-15H,1-3H3,(H,25,26,30). The van der Waals surface area contributed by atoms with Crippen LogP contribution in [0.25, 0.3) is 11.3 Å². The summed E-state index contributed by atoms with van der Waals surface area (Å²) in [4.78, 5) is 31.0. The fourth-order valence-corrected chi connectivity index (χ4v) is 4.27. The van der Waals surface area contributed by atoms with Gasteiger partial charge in [-0.2, -0.15) is 5.10 Å². The first-order valence-corrected chi connectivity index (χ1v) is 10.8. The zero-order valence-corrected chi connectivity index (χ0v) is 18.3. The maximum atomic E-state index is 13.2. The minimum atomic E-state index is -0.352. The molecule has 2 heterocycles. The van der Waals surface area contributed by atoms with Gasteiger partial charge < -0.3 is 0 Å². The Bertz CT molecular complexity index is 1230. The molecular formula is C24H22N4O2S. The smallest absolute Gasteiger partial charge is 0.277 e. The molecule has 31 heavy (non-hydrogen) atoms. The number of thiazole rings is 1. The minimum Gasteiger partial charge on any atom is -0.296 e. The molecule has 0 aliphatic carbocycles. The van der Waals surface area contributed by atoms with E-state index >= 15 is 0 Å². The van der Waals surface area contributed by atoms with Gasteiger partial charge in [-0.1, -0.05) is 72.0 Å². The summed E-state index contributed by atoms with van der Waals surface area (Å²) in [6, 6.07) is 20.5. The van der Waals surface area contributed by atoms with Crippen molar-refractivity contribution < 1.29 is 9.59 Å². The first-order chi connectivity index (χ1) is 14.9. The second-order valence-corrected chi connectivity index (χ2v) is 8.42.